The van der Waals surface area contributed by atoms with Crippen molar-refractivity contribution < 1.29 is 0 Å². The molecule has 0 aliphatic carbocycles. The van der Waals surface area contributed by atoms with Crippen molar-refractivity contribution in [3.05, 3.63) is 24.3 Å². The molecule has 0 aromatic heterocycles. The number of hydrogen-bond donors (Lipinski definition) is 1. The third kappa shape index (κ3) is 2.81. The number of amidine groups is 1. The molecule has 0 saturated carbocycles. The van der Waals surface area contributed by atoms with Gasteiger partial charge in [0, 0.05) is 25.8 Å². The van der Waals surface area contributed by atoms with E-state index in [-0.39, 0.29) is 0 Å². The van der Waals surface area contributed by atoms with Crippen molar-refractivity contribution in [2.45, 2.75) is 13.8 Å². The molecular weight excluding hydrogens is 238 g/mol. The lowest BCUT2D eigenvalue weighted by molar-refractivity contribution is 0.560. The zero-order valence-electron chi connectivity index (χ0n) is 11.6. The van der Waals surface area contributed by atoms with Gasteiger partial charge in [-0.2, -0.15) is 5.10 Å². The Morgan fingerprint density at radius 2 is 1.84 bits per heavy atom. The normalized spacial score (nSPS) is 16.5. The summed E-state index contributed by atoms with van der Waals surface area (Å²) in [5.74, 6) is 0.327. The van der Waals surface area contributed by atoms with E-state index in [2.05, 4.69) is 41.0 Å². The van der Waals surface area contributed by atoms with Crippen LogP contribution in [0.1, 0.15) is 13.8 Å². The quantitative estimate of drug-likeness (QED) is 0.901. The van der Waals surface area contributed by atoms with Crippen molar-refractivity contribution in [2.75, 3.05) is 25.0 Å². The molecule has 0 saturated heterocycles. The van der Waals surface area contributed by atoms with E-state index < -0.39 is 0 Å². The number of anilines is 1. The molecule has 0 amide bonds. The molecule has 5 heteroatoms. The van der Waals surface area contributed by atoms with Crippen molar-refractivity contribution in [1.82, 2.24) is 5.01 Å². The summed E-state index contributed by atoms with van der Waals surface area (Å²) in [6.45, 7) is 6.27. The van der Waals surface area contributed by atoms with Crippen LogP contribution in [-0.4, -0.2) is 42.9 Å². The Bertz CT molecular complexity index is 511. The lowest BCUT2D eigenvalue weighted by Gasteiger charge is -2.20. The highest BCUT2D eigenvalue weighted by molar-refractivity contribution is 6.63. The molecule has 0 atom stereocenters. The van der Waals surface area contributed by atoms with Crippen LogP contribution < -0.4 is 4.90 Å². The maximum Gasteiger partial charge on any atom is 0.169 e. The first kappa shape index (κ1) is 13.3. The van der Waals surface area contributed by atoms with Crippen molar-refractivity contribution >= 4 is 29.1 Å². The topological polar surface area (TPSA) is 55.1 Å². The fourth-order valence-corrected chi connectivity index (χ4v) is 1.97. The smallest absolute Gasteiger partial charge is 0.169 e. The Balaban J connectivity index is 2.18. The minimum absolute atomic E-state index is 0.327. The van der Waals surface area contributed by atoms with Gasteiger partial charge in [0.15, 0.2) is 5.84 Å². The molecule has 1 aliphatic rings. The van der Waals surface area contributed by atoms with Gasteiger partial charge in [-0.05, 0) is 38.1 Å². The van der Waals surface area contributed by atoms with E-state index in [1.807, 2.05) is 12.1 Å². The number of aliphatic imine (C=N–C) groups is 1. The zero-order chi connectivity index (χ0) is 13.8. The van der Waals surface area contributed by atoms with Crippen LogP contribution in [0.4, 0.5) is 11.4 Å². The number of nitrogens with one attached hydrogen (secondary N) is 1. The maximum atomic E-state index is 7.79. The predicted molar refractivity (Wildman–Crippen MR) is 81.1 cm³/mol. The van der Waals surface area contributed by atoms with Crippen LogP contribution in [0.15, 0.2) is 34.4 Å². The van der Waals surface area contributed by atoms with Crippen molar-refractivity contribution in [3.8, 4) is 0 Å². The summed E-state index contributed by atoms with van der Waals surface area (Å²) in [6, 6.07) is 8.07. The summed E-state index contributed by atoms with van der Waals surface area (Å²) in [6.07, 6.45) is 1.61. The Labute approximate surface area is 113 Å². The summed E-state index contributed by atoms with van der Waals surface area (Å²) >= 11 is 0. The van der Waals surface area contributed by atoms with Crippen LogP contribution in [0.5, 0.6) is 0 Å². The summed E-state index contributed by atoms with van der Waals surface area (Å²) in [7, 11) is 1.74. The monoisotopic (exact) mass is 257 g/mol. The number of benzene rings is 1. The van der Waals surface area contributed by atoms with Gasteiger partial charge >= 0.3 is 0 Å². The number of nitrogens with zero attached hydrogens (tertiary/aromatic N) is 4. The second-order valence-corrected chi connectivity index (χ2v) is 4.30. The molecule has 1 heterocycles. The molecule has 0 spiro atoms. The van der Waals surface area contributed by atoms with Crippen LogP contribution in [0, 0.1) is 5.41 Å². The summed E-state index contributed by atoms with van der Waals surface area (Å²) in [5.41, 5.74) is 2.64. The molecule has 5 nitrogen and oxygen atoms in total. The van der Waals surface area contributed by atoms with Crippen LogP contribution in [0.25, 0.3) is 0 Å². The highest BCUT2D eigenvalue weighted by Gasteiger charge is 2.15. The third-order valence-electron chi connectivity index (χ3n) is 3.15. The van der Waals surface area contributed by atoms with Crippen LogP contribution in [0.3, 0.4) is 0 Å². The standard InChI is InChI=1S/C14H19N5/c1-4-19(5-2)12-8-6-11(7-9-12)17-13-10-16-18(3)14(13)15/h6-10,15H,4-5H2,1-3H3. The fourth-order valence-electron chi connectivity index (χ4n) is 1.97. The SMILES string of the molecule is CCN(CC)c1ccc(N=C2C=NN(C)C2=N)cc1. The van der Waals surface area contributed by atoms with Crippen molar-refractivity contribution in [2.24, 2.45) is 10.1 Å². The van der Waals surface area contributed by atoms with Gasteiger partial charge in [-0.3, -0.25) is 5.41 Å². The second kappa shape index (κ2) is 5.65. The fraction of sp³-hybridized carbons (Fsp3) is 0.357. The van der Waals surface area contributed by atoms with Gasteiger partial charge < -0.3 is 4.90 Å². The van der Waals surface area contributed by atoms with Gasteiger partial charge in [0.1, 0.15) is 5.71 Å². The predicted octanol–water partition coefficient (Wildman–Crippen LogP) is 2.51. The molecular formula is C14H19N5. The third-order valence-corrected chi connectivity index (χ3v) is 3.15. The molecule has 0 unspecified atom stereocenters. The zero-order valence-corrected chi connectivity index (χ0v) is 11.6. The summed E-state index contributed by atoms with van der Waals surface area (Å²) in [5, 5.41) is 13.3. The first-order chi connectivity index (χ1) is 9.15. The molecule has 0 fully saturated rings. The van der Waals surface area contributed by atoms with Gasteiger partial charge in [0.2, 0.25) is 0 Å². The van der Waals surface area contributed by atoms with Crippen molar-refractivity contribution in [3.63, 3.8) is 0 Å². The largest absolute Gasteiger partial charge is 0.372 e. The molecule has 1 N–H and O–H groups in total. The Kier molecular flexibility index (Phi) is 3.94. The van der Waals surface area contributed by atoms with Gasteiger partial charge in [0.25, 0.3) is 0 Å². The molecule has 0 bridgehead atoms. The van der Waals surface area contributed by atoms with Crippen molar-refractivity contribution in [1.29, 1.82) is 5.41 Å². The average Bonchev–Trinajstić information content (AvgIpc) is 2.74. The summed E-state index contributed by atoms with van der Waals surface area (Å²) in [4.78, 5) is 6.71. The number of rotatable bonds is 4. The van der Waals surface area contributed by atoms with Gasteiger partial charge in [-0.15, -0.1) is 0 Å². The van der Waals surface area contributed by atoms with Crippen LogP contribution >= 0.6 is 0 Å². The number of hydrazone groups is 1. The molecule has 2 rings (SSSR count). The Morgan fingerprint density at radius 1 is 1.21 bits per heavy atom. The Hall–Kier alpha value is -2.17. The first-order valence-electron chi connectivity index (χ1n) is 6.46. The van der Waals surface area contributed by atoms with Gasteiger partial charge in [0.05, 0.1) is 11.9 Å². The maximum absolute atomic E-state index is 7.79. The average molecular weight is 257 g/mol. The molecule has 1 aliphatic heterocycles. The van der Waals surface area contributed by atoms with E-state index >= 15 is 0 Å². The highest BCUT2D eigenvalue weighted by Crippen LogP contribution is 2.20. The van der Waals surface area contributed by atoms with E-state index in [4.69, 9.17) is 5.41 Å². The van der Waals surface area contributed by atoms with Crippen LogP contribution in [0.2, 0.25) is 0 Å². The lowest BCUT2D eigenvalue weighted by atomic mass is 10.2. The molecule has 19 heavy (non-hydrogen) atoms. The van der Waals surface area contributed by atoms with Gasteiger partial charge in [-0.1, -0.05) is 0 Å². The molecule has 100 valence electrons. The van der Waals surface area contributed by atoms with Crippen LogP contribution in [-0.2, 0) is 0 Å². The van der Waals surface area contributed by atoms with Gasteiger partial charge in [-0.25, -0.2) is 10.0 Å². The van der Waals surface area contributed by atoms with E-state index in [1.54, 1.807) is 13.3 Å². The first-order valence-corrected chi connectivity index (χ1v) is 6.46. The van der Waals surface area contributed by atoms with E-state index in [0.29, 0.717) is 11.5 Å². The minimum Gasteiger partial charge on any atom is -0.372 e. The highest BCUT2D eigenvalue weighted by atomic mass is 15.5. The second-order valence-electron chi connectivity index (χ2n) is 4.30. The molecule has 0 radical (unpaired) electrons. The molecule has 1 aromatic rings. The number of hydrogen-bond acceptors (Lipinski definition) is 4. The minimum atomic E-state index is 0.327. The van der Waals surface area contributed by atoms with E-state index in [1.165, 1.54) is 10.7 Å². The van der Waals surface area contributed by atoms with E-state index in [0.717, 1.165) is 18.8 Å². The Morgan fingerprint density at radius 3 is 2.32 bits per heavy atom. The molecule has 1 aromatic carbocycles. The summed E-state index contributed by atoms with van der Waals surface area (Å²) < 4.78 is 0. The lowest BCUT2D eigenvalue weighted by Crippen LogP contribution is -2.21. The van der Waals surface area contributed by atoms with E-state index in [9.17, 15) is 0 Å².